The SMILES string of the molecule is COc1cccc2ncnc(N3CCC(N(C)Cc4ccccc4)C3)c12. The third kappa shape index (κ3) is 3.22. The lowest BCUT2D eigenvalue weighted by Crippen LogP contribution is -2.34. The lowest BCUT2D eigenvalue weighted by atomic mass is 10.1. The Morgan fingerprint density at radius 3 is 2.77 bits per heavy atom. The number of hydrogen-bond acceptors (Lipinski definition) is 5. The number of likely N-dealkylation sites (N-methyl/N-ethyl adjacent to an activating group) is 1. The van der Waals surface area contributed by atoms with E-state index in [1.54, 1.807) is 13.4 Å². The monoisotopic (exact) mass is 348 g/mol. The molecule has 0 saturated carbocycles. The van der Waals surface area contributed by atoms with Gasteiger partial charge in [0, 0.05) is 25.7 Å². The summed E-state index contributed by atoms with van der Waals surface area (Å²) in [5.41, 5.74) is 2.28. The summed E-state index contributed by atoms with van der Waals surface area (Å²) in [6.45, 7) is 2.93. The number of nitrogens with zero attached hydrogens (tertiary/aromatic N) is 4. The summed E-state index contributed by atoms with van der Waals surface area (Å²) in [7, 11) is 3.91. The quantitative estimate of drug-likeness (QED) is 0.707. The molecule has 1 aromatic heterocycles. The van der Waals surface area contributed by atoms with Crippen molar-refractivity contribution >= 4 is 16.7 Å². The zero-order chi connectivity index (χ0) is 17.9. The van der Waals surface area contributed by atoms with E-state index in [9.17, 15) is 0 Å². The van der Waals surface area contributed by atoms with Crippen molar-refractivity contribution in [2.75, 3.05) is 32.1 Å². The van der Waals surface area contributed by atoms with Gasteiger partial charge in [-0.15, -0.1) is 0 Å². The van der Waals surface area contributed by atoms with E-state index in [0.717, 1.165) is 48.5 Å². The standard InChI is InChI=1S/C21H24N4O/c1-24(13-16-7-4-3-5-8-16)17-11-12-25(14-17)21-20-18(22-15-23-21)9-6-10-19(20)26-2/h3-10,15,17H,11-14H2,1-2H3. The molecule has 26 heavy (non-hydrogen) atoms. The van der Waals surface area contributed by atoms with E-state index < -0.39 is 0 Å². The van der Waals surface area contributed by atoms with Gasteiger partial charge < -0.3 is 9.64 Å². The first-order valence-corrected chi connectivity index (χ1v) is 9.03. The van der Waals surface area contributed by atoms with Gasteiger partial charge in [-0.2, -0.15) is 0 Å². The molecule has 3 aromatic rings. The molecule has 1 aliphatic heterocycles. The highest BCUT2D eigenvalue weighted by atomic mass is 16.5. The predicted molar refractivity (Wildman–Crippen MR) is 105 cm³/mol. The molecule has 5 heteroatoms. The Kier molecular flexibility index (Phi) is 4.71. The molecule has 134 valence electrons. The molecule has 1 saturated heterocycles. The second-order valence-corrected chi connectivity index (χ2v) is 6.84. The molecule has 0 spiro atoms. The van der Waals surface area contributed by atoms with E-state index in [0.29, 0.717) is 6.04 Å². The van der Waals surface area contributed by atoms with Gasteiger partial charge in [0.25, 0.3) is 0 Å². The summed E-state index contributed by atoms with van der Waals surface area (Å²) >= 11 is 0. The van der Waals surface area contributed by atoms with E-state index in [4.69, 9.17) is 4.74 Å². The maximum atomic E-state index is 5.56. The summed E-state index contributed by atoms with van der Waals surface area (Å²) in [6, 6.07) is 17.1. The first-order valence-electron chi connectivity index (χ1n) is 9.03. The Labute approximate surface area is 154 Å². The largest absolute Gasteiger partial charge is 0.496 e. The lowest BCUT2D eigenvalue weighted by molar-refractivity contribution is 0.250. The molecule has 0 N–H and O–H groups in total. The second kappa shape index (κ2) is 7.30. The van der Waals surface area contributed by atoms with Crippen LogP contribution >= 0.6 is 0 Å². The minimum atomic E-state index is 0.509. The van der Waals surface area contributed by atoms with Crippen molar-refractivity contribution in [2.45, 2.75) is 19.0 Å². The minimum absolute atomic E-state index is 0.509. The molecule has 2 heterocycles. The first-order chi connectivity index (χ1) is 12.8. The highest BCUT2D eigenvalue weighted by molar-refractivity contribution is 5.94. The van der Waals surface area contributed by atoms with Crippen molar-refractivity contribution in [3.05, 3.63) is 60.4 Å². The molecule has 1 unspecified atom stereocenters. The Bertz CT molecular complexity index is 878. The van der Waals surface area contributed by atoms with E-state index in [1.165, 1.54) is 5.56 Å². The fourth-order valence-electron chi connectivity index (χ4n) is 3.77. The van der Waals surface area contributed by atoms with Crippen molar-refractivity contribution in [1.82, 2.24) is 14.9 Å². The first kappa shape index (κ1) is 16.8. The Balaban J connectivity index is 1.55. The summed E-state index contributed by atoms with van der Waals surface area (Å²) < 4.78 is 5.56. The van der Waals surface area contributed by atoms with E-state index >= 15 is 0 Å². The topological polar surface area (TPSA) is 41.5 Å². The van der Waals surface area contributed by atoms with Gasteiger partial charge in [0.2, 0.25) is 0 Å². The second-order valence-electron chi connectivity index (χ2n) is 6.84. The van der Waals surface area contributed by atoms with Crippen LogP contribution in [-0.2, 0) is 6.54 Å². The van der Waals surface area contributed by atoms with Gasteiger partial charge in [-0.3, -0.25) is 4.90 Å². The number of fused-ring (bicyclic) bond motifs is 1. The Hall–Kier alpha value is -2.66. The van der Waals surface area contributed by atoms with Crippen LogP contribution in [0.3, 0.4) is 0 Å². The van der Waals surface area contributed by atoms with Crippen molar-refractivity contribution in [1.29, 1.82) is 0 Å². The van der Waals surface area contributed by atoms with Crippen LogP contribution in [0.15, 0.2) is 54.9 Å². The summed E-state index contributed by atoms with van der Waals surface area (Å²) in [4.78, 5) is 13.8. The Morgan fingerprint density at radius 2 is 1.96 bits per heavy atom. The number of aromatic nitrogens is 2. The summed E-state index contributed by atoms with van der Waals surface area (Å²) in [5, 5.41) is 1.00. The normalized spacial score (nSPS) is 17.2. The number of ether oxygens (including phenoxy) is 1. The molecule has 2 aromatic carbocycles. The average Bonchev–Trinajstić information content (AvgIpc) is 3.18. The molecular weight excluding hydrogens is 324 g/mol. The minimum Gasteiger partial charge on any atom is -0.496 e. The van der Waals surface area contributed by atoms with Crippen LogP contribution in [0, 0.1) is 0 Å². The predicted octanol–water partition coefficient (Wildman–Crippen LogP) is 3.35. The van der Waals surface area contributed by atoms with Crippen molar-refractivity contribution in [2.24, 2.45) is 0 Å². The fourth-order valence-corrected chi connectivity index (χ4v) is 3.77. The van der Waals surface area contributed by atoms with Crippen LogP contribution in [0.1, 0.15) is 12.0 Å². The van der Waals surface area contributed by atoms with Crippen LogP contribution in [0.2, 0.25) is 0 Å². The van der Waals surface area contributed by atoms with E-state index in [1.807, 2.05) is 18.2 Å². The molecule has 0 radical (unpaired) electrons. The van der Waals surface area contributed by atoms with Crippen LogP contribution in [0.4, 0.5) is 5.82 Å². The van der Waals surface area contributed by atoms with Crippen molar-refractivity contribution < 1.29 is 4.74 Å². The van der Waals surface area contributed by atoms with Gasteiger partial charge in [0.15, 0.2) is 0 Å². The molecule has 0 aliphatic carbocycles. The fraction of sp³-hybridized carbons (Fsp3) is 0.333. The highest BCUT2D eigenvalue weighted by Crippen LogP contribution is 2.33. The van der Waals surface area contributed by atoms with Gasteiger partial charge in [-0.05, 0) is 31.2 Å². The van der Waals surface area contributed by atoms with E-state index in [2.05, 4.69) is 57.1 Å². The van der Waals surface area contributed by atoms with Gasteiger partial charge in [0.05, 0.1) is 18.0 Å². The maximum absolute atomic E-state index is 5.56. The van der Waals surface area contributed by atoms with Crippen LogP contribution in [0.5, 0.6) is 5.75 Å². The average molecular weight is 348 g/mol. The molecule has 1 aliphatic rings. The van der Waals surface area contributed by atoms with Gasteiger partial charge in [0.1, 0.15) is 17.9 Å². The summed E-state index contributed by atoms with van der Waals surface area (Å²) in [6.07, 6.45) is 2.78. The van der Waals surface area contributed by atoms with Crippen LogP contribution in [0.25, 0.3) is 10.9 Å². The van der Waals surface area contributed by atoms with Crippen LogP contribution in [-0.4, -0.2) is 48.2 Å². The van der Waals surface area contributed by atoms with Gasteiger partial charge in [-0.25, -0.2) is 9.97 Å². The summed E-state index contributed by atoms with van der Waals surface area (Å²) in [5.74, 6) is 1.81. The number of benzene rings is 2. The third-order valence-corrected chi connectivity index (χ3v) is 5.19. The number of anilines is 1. The highest BCUT2D eigenvalue weighted by Gasteiger charge is 2.28. The van der Waals surface area contributed by atoms with E-state index in [-0.39, 0.29) is 0 Å². The third-order valence-electron chi connectivity index (χ3n) is 5.19. The zero-order valence-corrected chi connectivity index (χ0v) is 15.3. The molecule has 0 amide bonds. The molecule has 0 bridgehead atoms. The smallest absolute Gasteiger partial charge is 0.143 e. The molecule has 1 fully saturated rings. The number of hydrogen-bond donors (Lipinski definition) is 0. The van der Waals surface area contributed by atoms with Crippen molar-refractivity contribution in [3.63, 3.8) is 0 Å². The molecule has 4 rings (SSSR count). The van der Waals surface area contributed by atoms with Crippen molar-refractivity contribution in [3.8, 4) is 5.75 Å². The maximum Gasteiger partial charge on any atom is 0.143 e. The molecule has 1 atom stereocenters. The lowest BCUT2D eigenvalue weighted by Gasteiger charge is -2.25. The van der Waals surface area contributed by atoms with Gasteiger partial charge >= 0.3 is 0 Å². The number of methoxy groups -OCH3 is 1. The Morgan fingerprint density at radius 1 is 1.12 bits per heavy atom. The van der Waals surface area contributed by atoms with Gasteiger partial charge in [-0.1, -0.05) is 36.4 Å². The molecular formula is C21H24N4O. The zero-order valence-electron chi connectivity index (χ0n) is 15.3. The van der Waals surface area contributed by atoms with Crippen LogP contribution < -0.4 is 9.64 Å². The molecule has 5 nitrogen and oxygen atoms in total. The number of rotatable bonds is 5.